The molecule has 3 N–H and O–H groups in total. The first-order valence-electron chi connectivity index (χ1n) is 11.9. The first-order valence-corrected chi connectivity index (χ1v) is 14.3. The fourth-order valence-corrected chi connectivity index (χ4v) is 6.62. The molecule has 5 rings (SSSR count). The van der Waals surface area contributed by atoms with Crippen molar-refractivity contribution in [2.24, 2.45) is 5.92 Å². The molecule has 2 aromatic carbocycles. The highest BCUT2D eigenvalue weighted by atomic mass is 35.5. The Morgan fingerprint density at radius 1 is 1.14 bits per heavy atom. The van der Waals surface area contributed by atoms with Crippen LogP contribution in [0.15, 0.2) is 41.3 Å². The first kappa shape index (κ1) is 25.6. The van der Waals surface area contributed by atoms with Crippen molar-refractivity contribution >= 4 is 62.2 Å². The number of anilines is 1. The number of rotatable bonds is 7. The largest absolute Gasteiger partial charge is 0.358 e. The molecule has 2 amide bonds. The van der Waals surface area contributed by atoms with Gasteiger partial charge in [-0.3, -0.25) is 9.59 Å². The summed E-state index contributed by atoms with van der Waals surface area (Å²) in [4.78, 5) is 28.9. The van der Waals surface area contributed by atoms with E-state index in [0.29, 0.717) is 51.8 Å². The number of hydrogen-bond donors (Lipinski definition) is 3. The normalized spacial score (nSPS) is 16.1. The first-order chi connectivity index (χ1) is 17.5. The molecule has 3 aromatic rings. The fourth-order valence-electron chi connectivity index (χ4n) is 4.50. The maximum absolute atomic E-state index is 13.3. The zero-order valence-electron chi connectivity index (χ0n) is 20.2. The molecule has 192 valence electrons. The van der Waals surface area contributed by atoms with Crippen molar-refractivity contribution in [3.63, 3.8) is 0 Å². The van der Waals surface area contributed by atoms with Crippen LogP contribution in [0.25, 0.3) is 11.6 Å². The summed E-state index contributed by atoms with van der Waals surface area (Å²) >= 11 is 12.4. The summed E-state index contributed by atoms with van der Waals surface area (Å²) in [5, 5.41) is 6.30. The quantitative estimate of drug-likeness (QED) is 0.331. The van der Waals surface area contributed by atoms with E-state index in [2.05, 4.69) is 15.6 Å². The van der Waals surface area contributed by atoms with Crippen molar-refractivity contribution in [3.05, 3.63) is 80.1 Å². The Labute approximate surface area is 225 Å². The van der Waals surface area contributed by atoms with Crippen molar-refractivity contribution in [2.45, 2.75) is 37.3 Å². The third kappa shape index (κ3) is 5.06. The van der Waals surface area contributed by atoms with Gasteiger partial charge in [-0.15, -0.1) is 0 Å². The molecule has 10 heteroatoms. The maximum atomic E-state index is 13.3. The number of amides is 2. The number of sulfone groups is 1. The van der Waals surface area contributed by atoms with E-state index in [9.17, 15) is 18.0 Å². The highest BCUT2D eigenvalue weighted by Gasteiger charge is 2.29. The maximum Gasteiger partial charge on any atom is 0.256 e. The average Bonchev–Trinajstić information content (AvgIpc) is 3.56. The second kappa shape index (κ2) is 9.67. The lowest BCUT2D eigenvalue weighted by atomic mass is 10.0. The minimum Gasteiger partial charge on any atom is -0.358 e. The lowest BCUT2D eigenvalue weighted by Gasteiger charge is -2.10. The van der Waals surface area contributed by atoms with Crippen molar-refractivity contribution in [1.82, 2.24) is 10.3 Å². The number of nitrogens with one attached hydrogen (secondary N) is 3. The van der Waals surface area contributed by atoms with Crippen LogP contribution >= 0.6 is 23.2 Å². The zero-order valence-corrected chi connectivity index (χ0v) is 22.6. The van der Waals surface area contributed by atoms with Crippen LogP contribution in [0, 0.1) is 19.8 Å². The van der Waals surface area contributed by atoms with Gasteiger partial charge < -0.3 is 15.6 Å². The molecule has 37 heavy (non-hydrogen) atoms. The fraction of sp³-hybridized carbons (Fsp3) is 0.259. The standard InChI is InChI=1S/C27H25Cl2N3O4S/c1-14-24(31-15(2)25(14)27(34)30-12-16-6-7-16)11-19-18-10-17(8-9-23(18)32-26(19)33)37(35,36)13-20-21(28)4-3-5-22(20)29/h3-5,8-11,16,31H,6-7,12-13H2,1-2H3,(H,30,34)(H,32,33)/b19-11-. The predicted molar refractivity (Wildman–Crippen MR) is 146 cm³/mol. The Hall–Kier alpha value is -3.07. The number of aromatic nitrogens is 1. The average molecular weight is 558 g/mol. The Balaban J connectivity index is 1.48. The number of benzene rings is 2. The van der Waals surface area contributed by atoms with Crippen LogP contribution in [0.3, 0.4) is 0 Å². The molecule has 0 radical (unpaired) electrons. The summed E-state index contributed by atoms with van der Waals surface area (Å²) in [6, 6.07) is 9.33. The Bertz CT molecular complexity index is 1570. The van der Waals surface area contributed by atoms with Gasteiger partial charge in [-0.05, 0) is 74.6 Å². The molecule has 0 unspecified atom stereocenters. The number of carbonyl (C=O) groups is 2. The third-order valence-corrected chi connectivity index (χ3v) is 9.12. The molecule has 0 spiro atoms. The number of hydrogen-bond acceptors (Lipinski definition) is 4. The van der Waals surface area contributed by atoms with Gasteiger partial charge in [0.05, 0.1) is 21.8 Å². The summed E-state index contributed by atoms with van der Waals surface area (Å²) in [5.74, 6) is -0.321. The van der Waals surface area contributed by atoms with E-state index in [4.69, 9.17) is 23.2 Å². The van der Waals surface area contributed by atoms with Gasteiger partial charge in [-0.1, -0.05) is 29.3 Å². The van der Waals surface area contributed by atoms with Gasteiger partial charge in [0.15, 0.2) is 9.84 Å². The van der Waals surface area contributed by atoms with E-state index in [-0.39, 0.29) is 32.5 Å². The third-order valence-electron chi connectivity index (χ3n) is 6.77. The van der Waals surface area contributed by atoms with Gasteiger partial charge in [-0.25, -0.2) is 8.42 Å². The molecular weight excluding hydrogens is 533 g/mol. The van der Waals surface area contributed by atoms with E-state index in [1.165, 1.54) is 12.1 Å². The van der Waals surface area contributed by atoms with Crippen molar-refractivity contribution in [2.75, 3.05) is 11.9 Å². The molecule has 7 nitrogen and oxygen atoms in total. The Morgan fingerprint density at radius 3 is 2.51 bits per heavy atom. The minimum atomic E-state index is -3.82. The highest BCUT2D eigenvalue weighted by molar-refractivity contribution is 7.90. The van der Waals surface area contributed by atoms with Crippen LogP contribution in [0.5, 0.6) is 0 Å². The van der Waals surface area contributed by atoms with E-state index in [0.717, 1.165) is 18.4 Å². The van der Waals surface area contributed by atoms with Crippen LogP contribution in [0.4, 0.5) is 5.69 Å². The van der Waals surface area contributed by atoms with Gasteiger partial charge in [-0.2, -0.15) is 0 Å². The molecule has 2 aliphatic rings. The van der Waals surface area contributed by atoms with Crippen LogP contribution in [-0.2, 0) is 20.4 Å². The molecule has 2 heterocycles. The van der Waals surface area contributed by atoms with E-state index in [1.54, 1.807) is 30.3 Å². The number of aromatic amines is 1. The molecule has 0 atom stereocenters. The van der Waals surface area contributed by atoms with Gasteiger partial charge in [0.1, 0.15) is 0 Å². The van der Waals surface area contributed by atoms with Crippen molar-refractivity contribution in [3.8, 4) is 0 Å². The lowest BCUT2D eigenvalue weighted by molar-refractivity contribution is -0.110. The molecule has 0 bridgehead atoms. The number of H-pyrrole nitrogens is 1. The zero-order chi connectivity index (χ0) is 26.5. The second-order valence-electron chi connectivity index (χ2n) is 9.50. The summed E-state index contributed by atoms with van der Waals surface area (Å²) in [5.41, 5.74) is 4.18. The summed E-state index contributed by atoms with van der Waals surface area (Å²) in [6.45, 7) is 4.30. The van der Waals surface area contributed by atoms with E-state index >= 15 is 0 Å². The van der Waals surface area contributed by atoms with E-state index in [1.807, 2.05) is 13.8 Å². The molecule has 1 aliphatic carbocycles. The SMILES string of the molecule is Cc1[nH]c(/C=C2\C(=O)Nc3ccc(S(=O)(=O)Cc4c(Cl)cccc4Cl)cc32)c(C)c1C(=O)NCC1CC1. The Kier molecular flexibility index (Phi) is 6.68. The molecule has 0 saturated heterocycles. The van der Waals surface area contributed by atoms with Crippen LogP contribution in [0.1, 0.15) is 51.3 Å². The van der Waals surface area contributed by atoms with E-state index < -0.39 is 9.84 Å². The smallest absolute Gasteiger partial charge is 0.256 e. The number of carbonyl (C=O) groups excluding carboxylic acids is 2. The Morgan fingerprint density at radius 2 is 1.84 bits per heavy atom. The number of halogens is 2. The summed E-state index contributed by atoms with van der Waals surface area (Å²) < 4.78 is 26.5. The predicted octanol–water partition coefficient (Wildman–Crippen LogP) is 5.54. The minimum absolute atomic E-state index is 0.0455. The topological polar surface area (TPSA) is 108 Å². The van der Waals surface area contributed by atoms with Crippen LogP contribution < -0.4 is 10.6 Å². The molecule has 1 saturated carbocycles. The van der Waals surface area contributed by atoms with Gasteiger partial charge >= 0.3 is 0 Å². The van der Waals surface area contributed by atoms with Crippen LogP contribution in [-0.4, -0.2) is 31.8 Å². The number of aryl methyl sites for hydroxylation is 1. The summed E-state index contributed by atoms with van der Waals surface area (Å²) in [6.07, 6.45) is 3.93. The summed E-state index contributed by atoms with van der Waals surface area (Å²) in [7, 11) is -3.82. The molecular formula is C27H25Cl2N3O4S. The molecule has 1 fully saturated rings. The monoisotopic (exact) mass is 557 g/mol. The molecule has 1 aliphatic heterocycles. The lowest BCUT2D eigenvalue weighted by Crippen LogP contribution is -2.26. The molecule has 1 aromatic heterocycles. The number of fused-ring (bicyclic) bond motifs is 1. The van der Waals surface area contributed by atoms with Crippen molar-refractivity contribution in [1.29, 1.82) is 0 Å². The van der Waals surface area contributed by atoms with Gasteiger partial charge in [0, 0.05) is 44.8 Å². The van der Waals surface area contributed by atoms with Gasteiger partial charge in [0.25, 0.3) is 11.8 Å². The van der Waals surface area contributed by atoms with Crippen molar-refractivity contribution < 1.29 is 18.0 Å². The second-order valence-corrected chi connectivity index (χ2v) is 12.3. The highest BCUT2D eigenvalue weighted by Crippen LogP contribution is 2.37. The van der Waals surface area contributed by atoms with Crippen LogP contribution in [0.2, 0.25) is 10.0 Å². The van der Waals surface area contributed by atoms with Gasteiger partial charge in [0.2, 0.25) is 0 Å².